The van der Waals surface area contributed by atoms with E-state index in [-0.39, 0.29) is 23.2 Å². The average Bonchev–Trinajstić information content (AvgIpc) is 3.37. The molecule has 0 radical (unpaired) electrons. The van der Waals surface area contributed by atoms with Gasteiger partial charge in [0.25, 0.3) is 10.0 Å². The first-order valence-electron chi connectivity index (χ1n) is 8.19. The lowest BCUT2D eigenvalue weighted by atomic mass is 10.3. The topological polar surface area (TPSA) is 103 Å². The van der Waals surface area contributed by atoms with Crippen LogP contribution in [-0.4, -0.2) is 27.6 Å². The summed E-state index contributed by atoms with van der Waals surface area (Å²) >= 11 is 5.87. The second kappa shape index (κ2) is 7.45. The highest BCUT2D eigenvalue weighted by Gasteiger charge is 2.24. The van der Waals surface area contributed by atoms with Crippen LogP contribution in [0.2, 0.25) is 5.02 Å². The highest BCUT2D eigenvalue weighted by Crippen LogP contribution is 2.23. The number of hydrogen-bond acceptors (Lipinski definition) is 7. The van der Waals surface area contributed by atoms with Crippen LogP contribution in [0.3, 0.4) is 0 Å². The summed E-state index contributed by atoms with van der Waals surface area (Å²) in [5.41, 5.74) is 0.591. The molecule has 0 aliphatic heterocycles. The van der Waals surface area contributed by atoms with Crippen molar-refractivity contribution >= 4 is 27.6 Å². The van der Waals surface area contributed by atoms with Gasteiger partial charge in [0.2, 0.25) is 5.95 Å². The van der Waals surface area contributed by atoms with Gasteiger partial charge in [0.05, 0.1) is 17.7 Å². The molecule has 0 atom stereocenters. The van der Waals surface area contributed by atoms with Crippen LogP contribution in [0, 0.1) is 0 Å². The van der Waals surface area contributed by atoms with Crippen molar-refractivity contribution in [2.45, 2.75) is 11.4 Å². The van der Waals surface area contributed by atoms with E-state index in [0.29, 0.717) is 16.3 Å². The molecule has 0 aliphatic carbocycles. The largest absolute Gasteiger partial charge is 0.467 e. The van der Waals surface area contributed by atoms with E-state index in [1.165, 1.54) is 30.5 Å². The number of furan rings is 1. The molecule has 0 amide bonds. The predicted molar refractivity (Wildman–Crippen MR) is 103 cm³/mol. The van der Waals surface area contributed by atoms with E-state index in [2.05, 4.69) is 20.4 Å². The Hall–Kier alpha value is -3.17. The first-order valence-corrected chi connectivity index (χ1v) is 10.0. The van der Waals surface area contributed by atoms with Crippen LogP contribution in [0.4, 0.5) is 5.95 Å². The van der Waals surface area contributed by atoms with Crippen molar-refractivity contribution in [1.29, 1.82) is 0 Å². The zero-order chi connectivity index (χ0) is 19.6. The summed E-state index contributed by atoms with van der Waals surface area (Å²) < 4.78 is 32.4. The van der Waals surface area contributed by atoms with Crippen LogP contribution < -0.4 is 5.32 Å². The van der Waals surface area contributed by atoms with Gasteiger partial charge in [0.15, 0.2) is 5.82 Å². The third-order valence-electron chi connectivity index (χ3n) is 3.84. The summed E-state index contributed by atoms with van der Waals surface area (Å²) in [5, 5.41) is 7.60. The predicted octanol–water partition coefficient (Wildman–Crippen LogP) is 3.44. The highest BCUT2D eigenvalue weighted by molar-refractivity contribution is 7.90. The minimum absolute atomic E-state index is 0.0422. The molecule has 0 aliphatic rings. The van der Waals surface area contributed by atoms with E-state index in [0.717, 1.165) is 4.09 Å². The van der Waals surface area contributed by atoms with E-state index in [1.54, 1.807) is 36.7 Å². The normalized spacial score (nSPS) is 11.5. The standard InChI is InChI=1S/C18H14ClN5O3S/c19-14-5-7-16(8-6-14)28(25,26)24-18(21-12-15-4-2-10-27-15)22-17(23-24)13-3-1-9-20-11-13/h1-11H,12H2,(H,21,22,23). The number of benzene rings is 1. The Bertz CT molecular complexity index is 1170. The molecule has 0 saturated heterocycles. The molecule has 28 heavy (non-hydrogen) atoms. The summed E-state index contributed by atoms with van der Waals surface area (Å²) in [6.45, 7) is 0.244. The van der Waals surface area contributed by atoms with E-state index < -0.39 is 10.0 Å². The van der Waals surface area contributed by atoms with Crippen LogP contribution in [0.15, 0.2) is 76.5 Å². The Kier molecular flexibility index (Phi) is 4.84. The van der Waals surface area contributed by atoms with Gasteiger partial charge < -0.3 is 9.73 Å². The van der Waals surface area contributed by atoms with Gasteiger partial charge in [-0.1, -0.05) is 11.6 Å². The zero-order valence-corrected chi connectivity index (χ0v) is 15.9. The fourth-order valence-corrected chi connectivity index (χ4v) is 3.80. The third kappa shape index (κ3) is 3.62. The molecule has 0 spiro atoms. The first-order chi connectivity index (χ1) is 13.5. The summed E-state index contributed by atoms with van der Waals surface area (Å²) in [7, 11) is -3.99. The number of hydrogen-bond donors (Lipinski definition) is 1. The van der Waals surface area contributed by atoms with Gasteiger partial charge in [0.1, 0.15) is 5.76 Å². The van der Waals surface area contributed by atoms with Gasteiger partial charge in [-0.2, -0.15) is 13.4 Å². The minimum atomic E-state index is -3.99. The molecule has 4 rings (SSSR count). The quantitative estimate of drug-likeness (QED) is 0.514. The van der Waals surface area contributed by atoms with E-state index in [9.17, 15) is 8.42 Å². The van der Waals surface area contributed by atoms with Gasteiger partial charge in [-0.3, -0.25) is 4.98 Å². The van der Waals surface area contributed by atoms with Gasteiger partial charge >= 0.3 is 0 Å². The lowest BCUT2D eigenvalue weighted by Crippen LogP contribution is -2.18. The third-order valence-corrected chi connectivity index (χ3v) is 5.67. The molecule has 0 fully saturated rings. The van der Waals surface area contributed by atoms with Crippen molar-refractivity contribution in [3.63, 3.8) is 0 Å². The van der Waals surface area contributed by atoms with Gasteiger partial charge in [-0.05, 0) is 48.5 Å². The second-order valence-corrected chi connectivity index (χ2v) is 7.94. The monoisotopic (exact) mass is 415 g/mol. The van der Waals surface area contributed by atoms with Gasteiger partial charge in [-0.15, -0.1) is 9.19 Å². The molecule has 0 saturated carbocycles. The van der Waals surface area contributed by atoms with Crippen molar-refractivity contribution in [3.05, 3.63) is 78.0 Å². The zero-order valence-electron chi connectivity index (χ0n) is 14.4. The molecule has 3 heterocycles. The van der Waals surface area contributed by atoms with Crippen LogP contribution in [-0.2, 0) is 16.6 Å². The molecule has 4 aromatic rings. The number of nitrogens with one attached hydrogen (secondary N) is 1. The van der Waals surface area contributed by atoms with Crippen molar-refractivity contribution in [3.8, 4) is 11.4 Å². The van der Waals surface area contributed by atoms with Gasteiger partial charge in [-0.25, -0.2) is 0 Å². The molecule has 1 aromatic carbocycles. The molecule has 0 bridgehead atoms. The van der Waals surface area contributed by atoms with Crippen molar-refractivity contribution < 1.29 is 12.8 Å². The van der Waals surface area contributed by atoms with Crippen LogP contribution >= 0.6 is 11.6 Å². The fraction of sp³-hybridized carbons (Fsp3) is 0.0556. The number of nitrogens with zero attached hydrogens (tertiary/aromatic N) is 4. The minimum Gasteiger partial charge on any atom is -0.467 e. The molecular formula is C18H14ClN5O3S. The summed E-state index contributed by atoms with van der Waals surface area (Å²) in [6.07, 6.45) is 4.71. The number of rotatable bonds is 6. The molecule has 3 aromatic heterocycles. The lowest BCUT2D eigenvalue weighted by molar-refractivity contribution is 0.517. The Labute approximate surface area is 165 Å². The van der Waals surface area contributed by atoms with Crippen molar-refractivity contribution in [1.82, 2.24) is 19.2 Å². The fourth-order valence-electron chi connectivity index (χ4n) is 2.48. The Morgan fingerprint density at radius 1 is 1.11 bits per heavy atom. The molecule has 8 nitrogen and oxygen atoms in total. The Morgan fingerprint density at radius 2 is 1.93 bits per heavy atom. The van der Waals surface area contributed by atoms with Gasteiger partial charge in [0, 0.05) is 23.0 Å². The summed E-state index contributed by atoms with van der Waals surface area (Å²) in [5.74, 6) is 0.916. The highest BCUT2D eigenvalue weighted by atomic mass is 35.5. The Balaban J connectivity index is 1.77. The molecule has 0 unspecified atom stereocenters. The first kappa shape index (κ1) is 18.2. The number of pyridine rings is 1. The van der Waals surface area contributed by atoms with E-state index >= 15 is 0 Å². The SMILES string of the molecule is O=S(=O)(c1ccc(Cl)cc1)n1nc(-c2cccnc2)nc1NCc1ccco1. The molecule has 142 valence electrons. The van der Waals surface area contributed by atoms with Crippen LogP contribution in [0.5, 0.6) is 0 Å². The summed E-state index contributed by atoms with van der Waals surface area (Å²) in [6, 6.07) is 12.8. The maximum atomic E-state index is 13.1. The molecule has 1 N–H and O–H groups in total. The average molecular weight is 416 g/mol. The lowest BCUT2D eigenvalue weighted by Gasteiger charge is -2.08. The summed E-state index contributed by atoms with van der Waals surface area (Å²) in [4.78, 5) is 8.41. The molecular weight excluding hydrogens is 402 g/mol. The smallest absolute Gasteiger partial charge is 0.286 e. The van der Waals surface area contributed by atoms with E-state index in [4.69, 9.17) is 16.0 Å². The second-order valence-electron chi connectivity index (χ2n) is 5.74. The van der Waals surface area contributed by atoms with Crippen LogP contribution in [0.25, 0.3) is 11.4 Å². The number of aromatic nitrogens is 4. The number of anilines is 1. The van der Waals surface area contributed by atoms with Crippen molar-refractivity contribution in [2.24, 2.45) is 0 Å². The van der Waals surface area contributed by atoms with Crippen molar-refractivity contribution in [2.75, 3.05) is 5.32 Å². The number of halogens is 1. The maximum Gasteiger partial charge on any atom is 0.286 e. The Morgan fingerprint density at radius 3 is 2.61 bits per heavy atom. The van der Waals surface area contributed by atoms with Crippen LogP contribution in [0.1, 0.15) is 5.76 Å². The molecule has 10 heteroatoms. The maximum absolute atomic E-state index is 13.1. The van der Waals surface area contributed by atoms with E-state index in [1.807, 2.05) is 0 Å².